The molecule has 3 rings (SSSR count). The van der Waals surface area contributed by atoms with E-state index in [4.69, 9.17) is 0 Å². The fourth-order valence-corrected chi connectivity index (χ4v) is 2.70. The molecule has 130 valence electrons. The topological polar surface area (TPSA) is 63.1 Å². The Bertz CT molecular complexity index is 1010. The second kappa shape index (κ2) is 8.04. The van der Waals surface area contributed by atoms with Gasteiger partial charge in [-0.05, 0) is 29.7 Å². The van der Waals surface area contributed by atoms with Gasteiger partial charge in [0.05, 0.1) is 12.1 Å². The van der Waals surface area contributed by atoms with Crippen LogP contribution in [0.3, 0.4) is 0 Å². The molecule has 5 nitrogen and oxygen atoms in total. The molecule has 2 aromatic carbocycles. The van der Waals surface area contributed by atoms with Crippen LogP contribution in [0.1, 0.15) is 15.9 Å². The molecule has 1 aromatic heterocycles. The molecule has 0 saturated heterocycles. The van der Waals surface area contributed by atoms with E-state index in [2.05, 4.69) is 22.5 Å². The summed E-state index contributed by atoms with van der Waals surface area (Å²) in [5.74, 6) is 5.54. The number of nitrogens with zero attached hydrogens (tertiary/aromatic N) is 1. The Morgan fingerprint density at radius 2 is 1.81 bits per heavy atom. The number of hydrogen-bond donors (Lipinski definition) is 2. The van der Waals surface area contributed by atoms with Crippen LogP contribution in [0.15, 0.2) is 60.8 Å². The maximum atomic E-state index is 12.1. The first-order valence-corrected chi connectivity index (χ1v) is 8.29. The third-order valence-corrected chi connectivity index (χ3v) is 3.99. The van der Waals surface area contributed by atoms with E-state index in [1.807, 2.05) is 47.2 Å². The van der Waals surface area contributed by atoms with E-state index < -0.39 is 0 Å². The van der Waals surface area contributed by atoms with Crippen LogP contribution in [0.2, 0.25) is 0 Å². The van der Waals surface area contributed by atoms with Crippen molar-refractivity contribution in [3.05, 3.63) is 71.9 Å². The van der Waals surface area contributed by atoms with E-state index in [-0.39, 0.29) is 24.9 Å². The first-order valence-electron chi connectivity index (χ1n) is 8.29. The number of para-hydroxylation sites is 1. The van der Waals surface area contributed by atoms with Gasteiger partial charge in [-0.2, -0.15) is 0 Å². The highest BCUT2D eigenvalue weighted by Gasteiger charge is 2.07. The van der Waals surface area contributed by atoms with Crippen molar-refractivity contribution in [2.45, 2.75) is 6.54 Å². The highest BCUT2D eigenvalue weighted by Crippen LogP contribution is 2.14. The van der Waals surface area contributed by atoms with Gasteiger partial charge < -0.3 is 15.2 Å². The van der Waals surface area contributed by atoms with E-state index in [9.17, 15) is 9.59 Å². The summed E-state index contributed by atoms with van der Waals surface area (Å²) < 4.78 is 1.90. The van der Waals surface area contributed by atoms with Crippen molar-refractivity contribution in [3.63, 3.8) is 0 Å². The lowest BCUT2D eigenvalue weighted by atomic mass is 10.1. The molecule has 5 heteroatoms. The quantitative estimate of drug-likeness (QED) is 0.712. The van der Waals surface area contributed by atoms with Crippen molar-refractivity contribution in [1.29, 1.82) is 0 Å². The Kier molecular flexibility index (Phi) is 5.35. The molecule has 0 aliphatic heterocycles. The molecule has 0 saturated carbocycles. The lowest BCUT2D eigenvalue weighted by molar-refractivity contribution is -0.121. The summed E-state index contributed by atoms with van der Waals surface area (Å²) >= 11 is 0. The van der Waals surface area contributed by atoms with E-state index >= 15 is 0 Å². The third kappa shape index (κ3) is 3.93. The molecule has 0 aliphatic rings. The Labute approximate surface area is 152 Å². The number of carbonyl (C=O) groups excluding carboxylic acids is 2. The van der Waals surface area contributed by atoms with E-state index in [0.717, 1.165) is 10.9 Å². The molecule has 0 spiro atoms. The lowest BCUT2D eigenvalue weighted by Crippen LogP contribution is -2.27. The van der Waals surface area contributed by atoms with E-state index in [1.165, 1.54) is 0 Å². The summed E-state index contributed by atoms with van der Waals surface area (Å²) in [6.45, 7) is 0.462. The van der Waals surface area contributed by atoms with Crippen LogP contribution in [0.25, 0.3) is 10.9 Å². The van der Waals surface area contributed by atoms with Gasteiger partial charge in [-0.15, -0.1) is 0 Å². The average Bonchev–Trinajstić information content (AvgIpc) is 3.08. The fourth-order valence-electron chi connectivity index (χ4n) is 2.70. The summed E-state index contributed by atoms with van der Waals surface area (Å²) in [5, 5.41) is 6.48. The van der Waals surface area contributed by atoms with Gasteiger partial charge in [0.2, 0.25) is 5.91 Å². The fraction of sp³-hybridized carbons (Fsp3) is 0.143. The molecule has 0 unspecified atom stereocenters. The second-order valence-electron chi connectivity index (χ2n) is 5.71. The molecule has 26 heavy (non-hydrogen) atoms. The number of rotatable bonds is 4. The van der Waals surface area contributed by atoms with Gasteiger partial charge in [0.15, 0.2) is 0 Å². The Morgan fingerprint density at radius 3 is 2.65 bits per heavy atom. The summed E-state index contributed by atoms with van der Waals surface area (Å²) in [6, 6.07) is 17.0. The van der Waals surface area contributed by atoms with Crippen molar-refractivity contribution in [2.24, 2.45) is 0 Å². The van der Waals surface area contributed by atoms with Gasteiger partial charge in [-0.25, -0.2) is 0 Å². The summed E-state index contributed by atoms with van der Waals surface area (Å²) in [7, 11) is 1.58. The minimum Gasteiger partial charge on any atom is -0.355 e. The molecule has 1 heterocycles. The lowest BCUT2D eigenvalue weighted by Gasteiger charge is -2.05. The first-order chi connectivity index (χ1) is 12.7. The number of fused-ring (bicyclic) bond motifs is 1. The molecule has 0 aliphatic carbocycles. The first kappa shape index (κ1) is 17.3. The molecule has 2 N–H and O–H groups in total. The standard InChI is InChI=1S/C21H19N3O2/c1-22-21(26)18-10-4-2-7-16(18)9-6-13-23-20(25)15-24-14-12-17-8-3-5-11-19(17)24/h2-5,7-8,10-12,14H,13,15H2,1H3,(H,22,26)(H,23,25). The Morgan fingerprint density at radius 1 is 1.04 bits per heavy atom. The maximum absolute atomic E-state index is 12.1. The summed E-state index contributed by atoms with van der Waals surface area (Å²) in [5.41, 5.74) is 2.18. The highest BCUT2D eigenvalue weighted by atomic mass is 16.2. The zero-order chi connectivity index (χ0) is 18.4. The zero-order valence-corrected chi connectivity index (χ0v) is 14.5. The number of benzene rings is 2. The van der Waals surface area contributed by atoms with Crippen LogP contribution >= 0.6 is 0 Å². The molecule has 0 radical (unpaired) electrons. The normalized spacial score (nSPS) is 10.0. The van der Waals surface area contributed by atoms with Crippen LogP contribution in [0.5, 0.6) is 0 Å². The van der Waals surface area contributed by atoms with Gasteiger partial charge in [-0.3, -0.25) is 9.59 Å². The molecule has 2 amide bonds. The van der Waals surface area contributed by atoms with Crippen molar-refractivity contribution in [1.82, 2.24) is 15.2 Å². The number of hydrogen-bond acceptors (Lipinski definition) is 2. The van der Waals surface area contributed by atoms with Crippen LogP contribution in [0.4, 0.5) is 0 Å². The number of nitrogens with one attached hydrogen (secondary N) is 2. The van der Waals surface area contributed by atoms with Gasteiger partial charge in [0, 0.05) is 24.3 Å². The van der Waals surface area contributed by atoms with Crippen molar-refractivity contribution in [2.75, 3.05) is 13.6 Å². The smallest absolute Gasteiger partial charge is 0.252 e. The molecule has 0 bridgehead atoms. The van der Waals surface area contributed by atoms with Gasteiger partial charge in [-0.1, -0.05) is 42.2 Å². The Balaban J connectivity index is 1.60. The summed E-state index contributed by atoms with van der Waals surface area (Å²) in [4.78, 5) is 23.9. The molecular formula is C21H19N3O2. The monoisotopic (exact) mass is 345 g/mol. The van der Waals surface area contributed by atoms with Gasteiger partial charge in [0.25, 0.3) is 5.91 Å². The minimum atomic E-state index is -0.182. The Hall–Kier alpha value is -3.52. The van der Waals surface area contributed by atoms with Crippen LogP contribution in [0, 0.1) is 11.8 Å². The van der Waals surface area contributed by atoms with Crippen LogP contribution < -0.4 is 10.6 Å². The number of amides is 2. The van der Waals surface area contributed by atoms with Crippen molar-refractivity contribution >= 4 is 22.7 Å². The number of aromatic nitrogens is 1. The van der Waals surface area contributed by atoms with Crippen LogP contribution in [-0.2, 0) is 11.3 Å². The third-order valence-electron chi connectivity index (χ3n) is 3.99. The second-order valence-corrected chi connectivity index (χ2v) is 5.71. The highest BCUT2D eigenvalue weighted by molar-refractivity contribution is 5.96. The maximum Gasteiger partial charge on any atom is 0.252 e. The molecule has 3 aromatic rings. The van der Waals surface area contributed by atoms with E-state index in [0.29, 0.717) is 11.1 Å². The SMILES string of the molecule is CNC(=O)c1ccccc1C#CCNC(=O)Cn1ccc2ccccc21. The molecule has 0 fully saturated rings. The van der Waals surface area contributed by atoms with Crippen LogP contribution in [-0.4, -0.2) is 30.0 Å². The largest absolute Gasteiger partial charge is 0.355 e. The van der Waals surface area contributed by atoms with Crippen molar-refractivity contribution in [3.8, 4) is 11.8 Å². The van der Waals surface area contributed by atoms with E-state index in [1.54, 1.807) is 25.2 Å². The number of carbonyl (C=O) groups is 2. The molecular weight excluding hydrogens is 326 g/mol. The molecule has 0 atom stereocenters. The average molecular weight is 345 g/mol. The predicted molar refractivity (Wildman–Crippen MR) is 102 cm³/mol. The minimum absolute atomic E-state index is 0.111. The van der Waals surface area contributed by atoms with Gasteiger partial charge in [0.1, 0.15) is 6.54 Å². The summed E-state index contributed by atoms with van der Waals surface area (Å²) in [6.07, 6.45) is 1.90. The predicted octanol–water partition coefficient (Wildman–Crippen LogP) is 2.17. The zero-order valence-electron chi connectivity index (χ0n) is 14.5. The van der Waals surface area contributed by atoms with Gasteiger partial charge >= 0.3 is 0 Å². The van der Waals surface area contributed by atoms with Crippen molar-refractivity contribution < 1.29 is 9.59 Å².